The van der Waals surface area contributed by atoms with Crippen molar-refractivity contribution in [3.63, 3.8) is 0 Å². The van der Waals surface area contributed by atoms with Crippen LogP contribution in [0.2, 0.25) is 0 Å². The van der Waals surface area contributed by atoms with Crippen LogP contribution in [0.4, 0.5) is 0 Å². The Kier molecular flexibility index (Phi) is 7.63. The summed E-state index contributed by atoms with van der Waals surface area (Å²) in [6, 6.07) is 8.48. The molecule has 0 bridgehead atoms. The van der Waals surface area contributed by atoms with E-state index < -0.39 is 0 Å². The molecule has 0 fully saturated rings. The van der Waals surface area contributed by atoms with Gasteiger partial charge in [-0.1, -0.05) is 31.2 Å². The van der Waals surface area contributed by atoms with Gasteiger partial charge >= 0.3 is 0 Å². The molecule has 1 N–H and O–H groups in total. The van der Waals surface area contributed by atoms with Crippen molar-refractivity contribution in [3.05, 3.63) is 35.4 Å². The molecule has 0 aromatic heterocycles. The Balaban J connectivity index is 2.14. The van der Waals surface area contributed by atoms with E-state index in [1.165, 1.54) is 11.1 Å². The van der Waals surface area contributed by atoms with Crippen molar-refractivity contribution in [1.82, 2.24) is 5.32 Å². The molecule has 3 heteroatoms. The van der Waals surface area contributed by atoms with Crippen LogP contribution in [0.3, 0.4) is 0 Å². The smallest absolute Gasteiger partial charge is 0.0718 e. The first-order valence-corrected chi connectivity index (χ1v) is 6.24. The molecule has 0 spiro atoms. The summed E-state index contributed by atoms with van der Waals surface area (Å²) in [5, 5.41) is 3.13. The molecule has 17 heavy (non-hydrogen) atoms. The minimum Gasteiger partial charge on any atom is -0.379 e. The van der Waals surface area contributed by atoms with Gasteiger partial charge in [0.05, 0.1) is 19.8 Å². The average Bonchev–Trinajstić information content (AvgIpc) is 2.36. The van der Waals surface area contributed by atoms with Crippen LogP contribution in [0.1, 0.15) is 24.5 Å². The fourth-order valence-electron chi connectivity index (χ4n) is 1.51. The zero-order valence-electron chi connectivity index (χ0n) is 10.9. The lowest BCUT2D eigenvalue weighted by molar-refractivity contribution is 0.0408. The third-order valence-electron chi connectivity index (χ3n) is 2.39. The van der Waals surface area contributed by atoms with E-state index in [9.17, 15) is 0 Å². The zero-order chi connectivity index (χ0) is 12.3. The standard InChI is InChI=1S/C14H23NO2/c1-3-8-16-9-10-17-12-14-6-4-13(5-7-14)11-15-2/h4-7,15H,3,8-12H2,1-2H3. The zero-order valence-corrected chi connectivity index (χ0v) is 10.9. The van der Waals surface area contributed by atoms with Gasteiger partial charge in [0.15, 0.2) is 0 Å². The number of hydrogen-bond acceptors (Lipinski definition) is 3. The van der Waals surface area contributed by atoms with Crippen LogP contribution in [0.15, 0.2) is 24.3 Å². The molecule has 0 saturated heterocycles. The van der Waals surface area contributed by atoms with E-state index in [2.05, 4.69) is 36.5 Å². The fourth-order valence-corrected chi connectivity index (χ4v) is 1.51. The molecule has 1 aromatic rings. The van der Waals surface area contributed by atoms with Gasteiger partial charge in [-0.25, -0.2) is 0 Å². The molecule has 0 radical (unpaired) electrons. The SMILES string of the molecule is CCCOCCOCc1ccc(CNC)cc1. The molecule has 0 aliphatic heterocycles. The van der Waals surface area contributed by atoms with Crippen molar-refractivity contribution in [3.8, 4) is 0 Å². The minimum absolute atomic E-state index is 0.662. The lowest BCUT2D eigenvalue weighted by Crippen LogP contribution is -2.06. The fraction of sp³-hybridized carbons (Fsp3) is 0.571. The van der Waals surface area contributed by atoms with Crippen molar-refractivity contribution >= 4 is 0 Å². The van der Waals surface area contributed by atoms with E-state index in [1.807, 2.05) is 7.05 Å². The Morgan fingerprint density at radius 1 is 0.941 bits per heavy atom. The summed E-state index contributed by atoms with van der Waals surface area (Å²) in [7, 11) is 1.95. The molecule has 0 heterocycles. The topological polar surface area (TPSA) is 30.5 Å². The second-order valence-corrected chi connectivity index (χ2v) is 4.01. The van der Waals surface area contributed by atoms with Gasteiger partial charge in [0, 0.05) is 13.2 Å². The molecular weight excluding hydrogens is 214 g/mol. The second kappa shape index (κ2) is 9.16. The van der Waals surface area contributed by atoms with Crippen molar-refractivity contribution < 1.29 is 9.47 Å². The summed E-state index contributed by atoms with van der Waals surface area (Å²) < 4.78 is 10.9. The van der Waals surface area contributed by atoms with Crippen LogP contribution in [-0.4, -0.2) is 26.9 Å². The Labute approximate surface area is 104 Å². The summed E-state index contributed by atoms with van der Waals surface area (Å²) >= 11 is 0. The first kappa shape index (κ1) is 14.2. The molecule has 96 valence electrons. The van der Waals surface area contributed by atoms with Crippen LogP contribution < -0.4 is 5.32 Å². The first-order valence-electron chi connectivity index (χ1n) is 6.24. The summed E-state index contributed by atoms with van der Waals surface area (Å²) in [5.41, 5.74) is 2.50. The van der Waals surface area contributed by atoms with Crippen LogP contribution in [-0.2, 0) is 22.6 Å². The lowest BCUT2D eigenvalue weighted by atomic mass is 10.1. The molecule has 3 nitrogen and oxygen atoms in total. The van der Waals surface area contributed by atoms with Gasteiger partial charge in [0.2, 0.25) is 0 Å². The summed E-state index contributed by atoms with van der Waals surface area (Å²) in [4.78, 5) is 0. The molecule has 1 rings (SSSR count). The maximum atomic E-state index is 5.53. The van der Waals surface area contributed by atoms with E-state index in [-0.39, 0.29) is 0 Å². The quantitative estimate of drug-likeness (QED) is 0.669. The van der Waals surface area contributed by atoms with Gasteiger partial charge in [0.25, 0.3) is 0 Å². The highest BCUT2D eigenvalue weighted by atomic mass is 16.5. The maximum absolute atomic E-state index is 5.53. The van der Waals surface area contributed by atoms with Gasteiger partial charge in [-0.3, -0.25) is 0 Å². The summed E-state index contributed by atoms with van der Waals surface area (Å²) in [6.45, 7) is 5.85. The summed E-state index contributed by atoms with van der Waals surface area (Å²) in [5.74, 6) is 0. The molecule has 0 unspecified atom stereocenters. The monoisotopic (exact) mass is 237 g/mol. The Morgan fingerprint density at radius 2 is 1.59 bits per heavy atom. The van der Waals surface area contributed by atoms with Crippen molar-refractivity contribution in [1.29, 1.82) is 0 Å². The molecular formula is C14H23NO2. The number of hydrogen-bond donors (Lipinski definition) is 1. The highest BCUT2D eigenvalue weighted by Gasteiger charge is 1.95. The largest absolute Gasteiger partial charge is 0.379 e. The van der Waals surface area contributed by atoms with Crippen LogP contribution in [0.5, 0.6) is 0 Å². The van der Waals surface area contributed by atoms with E-state index >= 15 is 0 Å². The molecule has 1 aromatic carbocycles. The van der Waals surface area contributed by atoms with Gasteiger partial charge in [-0.2, -0.15) is 0 Å². The predicted molar refractivity (Wildman–Crippen MR) is 70.0 cm³/mol. The lowest BCUT2D eigenvalue weighted by Gasteiger charge is -2.06. The number of ether oxygens (including phenoxy) is 2. The van der Waals surface area contributed by atoms with Crippen molar-refractivity contribution in [2.24, 2.45) is 0 Å². The normalized spacial score (nSPS) is 10.7. The molecule has 0 atom stereocenters. The van der Waals surface area contributed by atoms with Crippen LogP contribution in [0, 0.1) is 0 Å². The van der Waals surface area contributed by atoms with Crippen LogP contribution >= 0.6 is 0 Å². The second-order valence-electron chi connectivity index (χ2n) is 4.01. The van der Waals surface area contributed by atoms with Crippen molar-refractivity contribution in [2.75, 3.05) is 26.9 Å². The number of benzene rings is 1. The highest BCUT2D eigenvalue weighted by molar-refractivity contribution is 5.21. The number of rotatable bonds is 9. The predicted octanol–water partition coefficient (Wildman–Crippen LogP) is 2.35. The molecule has 0 aliphatic rings. The van der Waals surface area contributed by atoms with Gasteiger partial charge < -0.3 is 14.8 Å². The Bertz CT molecular complexity index is 285. The van der Waals surface area contributed by atoms with E-state index in [1.54, 1.807) is 0 Å². The highest BCUT2D eigenvalue weighted by Crippen LogP contribution is 2.05. The van der Waals surface area contributed by atoms with Crippen LogP contribution in [0.25, 0.3) is 0 Å². The third kappa shape index (κ3) is 6.41. The van der Waals surface area contributed by atoms with E-state index in [4.69, 9.17) is 9.47 Å². The minimum atomic E-state index is 0.662. The van der Waals surface area contributed by atoms with Gasteiger partial charge in [-0.15, -0.1) is 0 Å². The summed E-state index contributed by atoms with van der Waals surface area (Å²) in [6.07, 6.45) is 1.06. The van der Waals surface area contributed by atoms with Gasteiger partial charge in [-0.05, 0) is 24.6 Å². The Morgan fingerprint density at radius 3 is 2.24 bits per heavy atom. The molecule has 0 aliphatic carbocycles. The third-order valence-corrected chi connectivity index (χ3v) is 2.39. The molecule has 0 amide bonds. The maximum Gasteiger partial charge on any atom is 0.0718 e. The van der Waals surface area contributed by atoms with E-state index in [0.29, 0.717) is 19.8 Å². The average molecular weight is 237 g/mol. The van der Waals surface area contributed by atoms with Crippen molar-refractivity contribution in [2.45, 2.75) is 26.5 Å². The number of nitrogens with one attached hydrogen (secondary N) is 1. The van der Waals surface area contributed by atoms with E-state index in [0.717, 1.165) is 19.6 Å². The molecule has 0 saturated carbocycles. The Hall–Kier alpha value is -0.900. The first-order chi connectivity index (χ1) is 8.36. The van der Waals surface area contributed by atoms with Gasteiger partial charge in [0.1, 0.15) is 0 Å².